The Kier molecular flexibility index (Phi) is 7.14. The SMILES string of the molecule is O=C(CNC(=O)c1ccccc1SCC(=O)NC12CC3CC(CC(C3)C1)C2)NCc1ccccc1. The van der Waals surface area contributed by atoms with Gasteiger partial charge in [-0.25, -0.2) is 0 Å². The first-order valence-electron chi connectivity index (χ1n) is 12.6. The molecule has 4 bridgehead atoms. The largest absolute Gasteiger partial charge is 0.350 e. The highest BCUT2D eigenvalue weighted by Gasteiger charge is 2.51. The molecule has 184 valence electrons. The summed E-state index contributed by atoms with van der Waals surface area (Å²) in [7, 11) is 0. The average molecular weight is 492 g/mol. The smallest absolute Gasteiger partial charge is 0.252 e. The van der Waals surface area contributed by atoms with Crippen molar-refractivity contribution in [3.63, 3.8) is 0 Å². The number of hydrogen-bond donors (Lipinski definition) is 3. The van der Waals surface area contributed by atoms with E-state index in [2.05, 4.69) is 16.0 Å². The van der Waals surface area contributed by atoms with Crippen molar-refractivity contribution in [2.24, 2.45) is 17.8 Å². The lowest BCUT2D eigenvalue weighted by molar-refractivity contribution is -0.124. The van der Waals surface area contributed by atoms with E-state index >= 15 is 0 Å². The van der Waals surface area contributed by atoms with E-state index in [0.717, 1.165) is 47.5 Å². The van der Waals surface area contributed by atoms with Crippen LogP contribution in [0.25, 0.3) is 0 Å². The summed E-state index contributed by atoms with van der Waals surface area (Å²) >= 11 is 1.38. The number of amides is 3. The molecule has 2 aromatic rings. The highest BCUT2D eigenvalue weighted by molar-refractivity contribution is 8.00. The van der Waals surface area contributed by atoms with E-state index in [1.165, 1.54) is 31.0 Å². The summed E-state index contributed by atoms with van der Waals surface area (Å²) in [5, 5.41) is 8.91. The molecular formula is C28H33N3O3S. The van der Waals surface area contributed by atoms with E-state index in [9.17, 15) is 14.4 Å². The normalized spacial score (nSPS) is 26.2. The third-order valence-electron chi connectivity index (χ3n) is 7.68. The van der Waals surface area contributed by atoms with Crippen molar-refractivity contribution in [1.29, 1.82) is 0 Å². The maximum absolute atomic E-state index is 12.9. The van der Waals surface area contributed by atoms with E-state index < -0.39 is 0 Å². The molecule has 0 heterocycles. The van der Waals surface area contributed by atoms with Gasteiger partial charge in [0.15, 0.2) is 0 Å². The minimum absolute atomic E-state index is 0.00357. The fourth-order valence-electron chi connectivity index (χ4n) is 6.63. The van der Waals surface area contributed by atoms with Crippen molar-refractivity contribution in [1.82, 2.24) is 16.0 Å². The predicted octanol–water partition coefficient (Wildman–Crippen LogP) is 3.91. The Labute approximate surface area is 211 Å². The molecule has 4 aliphatic rings. The van der Waals surface area contributed by atoms with Gasteiger partial charge in [-0.15, -0.1) is 11.8 Å². The van der Waals surface area contributed by atoms with Crippen LogP contribution in [0.5, 0.6) is 0 Å². The molecule has 35 heavy (non-hydrogen) atoms. The molecule has 4 fully saturated rings. The van der Waals surface area contributed by atoms with Crippen LogP contribution in [0.3, 0.4) is 0 Å². The lowest BCUT2D eigenvalue weighted by Gasteiger charge is -2.56. The van der Waals surface area contributed by atoms with Crippen LogP contribution in [0.2, 0.25) is 0 Å². The first-order chi connectivity index (χ1) is 17.0. The zero-order chi connectivity index (χ0) is 24.3. The Morgan fingerprint density at radius 2 is 1.43 bits per heavy atom. The average Bonchev–Trinajstić information content (AvgIpc) is 2.84. The van der Waals surface area contributed by atoms with Gasteiger partial charge in [0, 0.05) is 17.0 Å². The second-order valence-corrected chi connectivity index (χ2v) is 11.5. The quantitative estimate of drug-likeness (QED) is 0.464. The highest BCUT2D eigenvalue weighted by atomic mass is 32.2. The maximum atomic E-state index is 12.9. The van der Waals surface area contributed by atoms with Gasteiger partial charge in [0.05, 0.1) is 17.9 Å². The zero-order valence-electron chi connectivity index (χ0n) is 19.9. The molecule has 6 rings (SSSR count). The zero-order valence-corrected chi connectivity index (χ0v) is 20.7. The first kappa shape index (κ1) is 23.9. The lowest BCUT2D eigenvalue weighted by Crippen LogP contribution is -2.60. The summed E-state index contributed by atoms with van der Waals surface area (Å²) in [5.41, 5.74) is 1.48. The molecule has 0 aliphatic heterocycles. The molecule has 0 spiro atoms. The summed E-state index contributed by atoms with van der Waals surface area (Å²) in [6.07, 6.45) is 7.41. The summed E-state index contributed by atoms with van der Waals surface area (Å²) in [6, 6.07) is 16.9. The van der Waals surface area contributed by atoms with E-state index in [1.54, 1.807) is 12.1 Å². The number of rotatable bonds is 9. The molecule has 7 heteroatoms. The van der Waals surface area contributed by atoms with Gasteiger partial charge in [0.25, 0.3) is 5.91 Å². The number of benzene rings is 2. The Balaban J connectivity index is 1.11. The van der Waals surface area contributed by atoms with Gasteiger partial charge < -0.3 is 16.0 Å². The topological polar surface area (TPSA) is 87.3 Å². The Hall–Kier alpha value is -2.80. The second kappa shape index (κ2) is 10.4. The Bertz CT molecular complexity index is 1050. The van der Waals surface area contributed by atoms with Crippen molar-refractivity contribution >= 4 is 29.5 Å². The minimum Gasteiger partial charge on any atom is -0.350 e. The van der Waals surface area contributed by atoms with Gasteiger partial charge in [0.2, 0.25) is 11.8 Å². The minimum atomic E-state index is -0.315. The van der Waals surface area contributed by atoms with E-state index in [0.29, 0.717) is 12.1 Å². The molecule has 0 aromatic heterocycles. The first-order valence-corrected chi connectivity index (χ1v) is 13.6. The molecule has 6 nitrogen and oxygen atoms in total. The van der Waals surface area contributed by atoms with Crippen LogP contribution < -0.4 is 16.0 Å². The molecule has 4 aliphatic carbocycles. The van der Waals surface area contributed by atoms with Crippen LogP contribution >= 0.6 is 11.8 Å². The fraction of sp³-hybridized carbons (Fsp3) is 0.464. The third-order valence-corrected chi connectivity index (χ3v) is 8.75. The van der Waals surface area contributed by atoms with Crippen LogP contribution in [-0.2, 0) is 16.1 Å². The van der Waals surface area contributed by atoms with E-state index in [1.807, 2.05) is 42.5 Å². The van der Waals surface area contributed by atoms with Crippen LogP contribution in [0.4, 0.5) is 0 Å². The van der Waals surface area contributed by atoms with Gasteiger partial charge in [-0.1, -0.05) is 42.5 Å². The van der Waals surface area contributed by atoms with E-state index in [4.69, 9.17) is 0 Å². The molecule has 0 saturated heterocycles. The molecule has 0 unspecified atom stereocenters. The molecule has 0 radical (unpaired) electrons. The number of thioether (sulfide) groups is 1. The summed E-state index contributed by atoms with van der Waals surface area (Å²) < 4.78 is 0. The number of carbonyl (C=O) groups excluding carboxylic acids is 3. The standard InChI is InChI=1S/C28H33N3O3S/c32-25(29-16-19-6-2-1-3-7-19)17-30-27(34)23-8-4-5-9-24(23)35-18-26(33)31-28-13-20-10-21(14-28)12-22(11-20)15-28/h1-9,20-22H,10-18H2,(H,29,32)(H,30,34)(H,31,33). The van der Waals surface area contributed by atoms with Crippen LogP contribution in [0.1, 0.15) is 54.4 Å². The van der Waals surface area contributed by atoms with Gasteiger partial charge in [-0.3, -0.25) is 14.4 Å². The van der Waals surface area contributed by atoms with Gasteiger partial charge in [0.1, 0.15) is 0 Å². The number of carbonyl (C=O) groups is 3. The second-order valence-electron chi connectivity index (χ2n) is 10.5. The monoisotopic (exact) mass is 491 g/mol. The summed E-state index contributed by atoms with van der Waals surface area (Å²) in [6.45, 7) is 0.317. The highest BCUT2D eigenvalue weighted by Crippen LogP contribution is 2.55. The Morgan fingerprint density at radius 1 is 0.800 bits per heavy atom. The molecule has 2 aromatic carbocycles. The van der Waals surface area contributed by atoms with Crippen molar-refractivity contribution in [2.45, 2.75) is 55.5 Å². The third kappa shape index (κ3) is 5.89. The van der Waals surface area contributed by atoms with Crippen molar-refractivity contribution < 1.29 is 14.4 Å². The van der Waals surface area contributed by atoms with Crippen molar-refractivity contribution in [2.75, 3.05) is 12.3 Å². The number of hydrogen-bond acceptors (Lipinski definition) is 4. The predicted molar refractivity (Wildman–Crippen MR) is 137 cm³/mol. The van der Waals surface area contributed by atoms with Crippen LogP contribution in [-0.4, -0.2) is 35.6 Å². The van der Waals surface area contributed by atoms with Crippen molar-refractivity contribution in [3.8, 4) is 0 Å². The van der Waals surface area contributed by atoms with Gasteiger partial charge >= 0.3 is 0 Å². The van der Waals surface area contributed by atoms with Crippen molar-refractivity contribution in [3.05, 3.63) is 65.7 Å². The molecule has 3 N–H and O–H groups in total. The Morgan fingerprint density at radius 3 is 2.11 bits per heavy atom. The summed E-state index contributed by atoms with van der Waals surface area (Å²) in [5.74, 6) is 2.11. The lowest BCUT2D eigenvalue weighted by atomic mass is 9.53. The van der Waals surface area contributed by atoms with Crippen LogP contribution in [0.15, 0.2) is 59.5 Å². The van der Waals surface area contributed by atoms with Gasteiger partial charge in [-0.2, -0.15) is 0 Å². The molecule has 0 atom stereocenters. The summed E-state index contributed by atoms with van der Waals surface area (Å²) in [4.78, 5) is 38.6. The number of nitrogens with one attached hydrogen (secondary N) is 3. The van der Waals surface area contributed by atoms with Crippen LogP contribution in [0, 0.1) is 17.8 Å². The molecule has 3 amide bonds. The molecule has 4 saturated carbocycles. The fourth-order valence-corrected chi connectivity index (χ4v) is 7.48. The maximum Gasteiger partial charge on any atom is 0.252 e. The molecular weight excluding hydrogens is 458 g/mol. The van der Waals surface area contributed by atoms with E-state index in [-0.39, 0.29) is 35.6 Å². The van der Waals surface area contributed by atoms with Gasteiger partial charge in [-0.05, 0) is 74.0 Å².